The minimum Gasteiger partial charge on any atom is -0.299 e. The van der Waals surface area contributed by atoms with Crippen LogP contribution in [0.15, 0.2) is 121 Å². The Labute approximate surface area is 222 Å². The first-order valence-corrected chi connectivity index (χ1v) is 13.2. The smallest absolute Gasteiger partial charge is 0.0892 e. The quantitative estimate of drug-likeness (QED) is 0.201. The van der Waals surface area contributed by atoms with Crippen LogP contribution in [0, 0.1) is 5.41 Å². The molecule has 1 aromatic heterocycles. The number of hydrogen-bond donors (Lipinski definition) is 1. The molecule has 0 aliphatic heterocycles. The van der Waals surface area contributed by atoms with Crippen molar-refractivity contribution in [2.45, 2.75) is 25.2 Å². The first-order chi connectivity index (χ1) is 18.8. The minimum absolute atomic E-state index is 0.414. The highest BCUT2D eigenvalue weighted by molar-refractivity contribution is 6.52. The third-order valence-electron chi connectivity index (χ3n) is 7.93. The number of allylic oxidation sites excluding steroid dienone is 4. The van der Waals surface area contributed by atoms with Crippen LogP contribution in [0.4, 0.5) is 5.69 Å². The fourth-order valence-corrected chi connectivity index (χ4v) is 6.19. The van der Waals surface area contributed by atoms with Crippen molar-refractivity contribution in [2.75, 3.05) is 0 Å². The van der Waals surface area contributed by atoms with Crippen LogP contribution in [0.25, 0.3) is 27.1 Å². The molecule has 0 fully saturated rings. The van der Waals surface area contributed by atoms with E-state index in [2.05, 4.69) is 89.9 Å². The normalized spacial score (nSPS) is 18.1. The molecular weight excluding hydrogens is 462 g/mol. The Balaban J connectivity index is 1.44. The molecule has 1 N–H and O–H groups in total. The van der Waals surface area contributed by atoms with E-state index in [-0.39, 0.29) is 0 Å². The molecule has 5 aromatic rings. The molecule has 1 unspecified atom stereocenters. The number of fused-ring (bicyclic) bond motifs is 3. The van der Waals surface area contributed by atoms with Crippen LogP contribution in [-0.4, -0.2) is 16.4 Å². The largest absolute Gasteiger partial charge is 0.299 e. The number of aromatic nitrogens is 1. The van der Waals surface area contributed by atoms with Gasteiger partial charge in [0.15, 0.2) is 0 Å². The Hall–Kier alpha value is -4.63. The summed E-state index contributed by atoms with van der Waals surface area (Å²) in [7, 11) is 0. The van der Waals surface area contributed by atoms with E-state index in [1.54, 1.807) is 12.4 Å². The molecule has 0 saturated heterocycles. The molecule has 3 nitrogen and oxygen atoms in total. The van der Waals surface area contributed by atoms with Gasteiger partial charge in [0.2, 0.25) is 0 Å². The van der Waals surface area contributed by atoms with Crippen LogP contribution in [0.3, 0.4) is 0 Å². The van der Waals surface area contributed by atoms with E-state index >= 15 is 0 Å². The Kier molecular flexibility index (Phi) is 5.55. The van der Waals surface area contributed by atoms with Gasteiger partial charge in [-0.15, -0.1) is 0 Å². The molecule has 0 spiro atoms. The summed E-state index contributed by atoms with van der Waals surface area (Å²) in [5.41, 5.74) is 8.61. The second-order valence-corrected chi connectivity index (χ2v) is 10.1. The molecule has 3 heteroatoms. The zero-order chi connectivity index (χ0) is 25.5. The monoisotopic (exact) mass is 489 g/mol. The van der Waals surface area contributed by atoms with Crippen LogP contribution in [0.2, 0.25) is 0 Å². The average Bonchev–Trinajstić information content (AvgIpc) is 2.97. The van der Waals surface area contributed by atoms with Crippen LogP contribution in [0.5, 0.6) is 0 Å². The summed E-state index contributed by atoms with van der Waals surface area (Å²) in [5.74, 6) is 0.474. The van der Waals surface area contributed by atoms with Gasteiger partial charge >= 0.3 is 0 Å². The molecule has 2 aliphatic carbocycles. The summed E-state index contributed by atoms with van der Waals surface area (Å²) in [5, 5.41) is 13.7. The Morgan fingerprint density at radius 1 is 0.711 bits per heavy atom. The van der Waals surface area contributed by atoms with Gasteiger partial charge in [-0.05, 0) is 98.8 Å². The van der Waals surface area contributed by atoms with Crippen molar-refractivity contribution in [3.8, 4) is 0 Å². The van der Waals surface area contributed by atoms with E-state index < -0.39 is 0 Å². The predicted molar refractivity (Wildman–Crippen MR) is 159 cm³/mol. The van der Waals surface area contributed by atoms with Crippen LogP contribution in [-0.2, 0) is 12.8 Å². The van der Waals surface area contributed by atoms with Crippen molar-refractivity contribution in [3.63, 3.8) is 0 Å². The lowest BCUT2D eigenvalue weighted by molar-refractivity contribution is 0.592. The van der Waals surface area contributed by atoms with Crippen LogP contribution >= 0.6 is 0 Å². The standard InChI is InChI=1S/C35H27N3/c36-32-16-15-26(22-33(32)38-27-17-19-37-20-18-27)35-30-11-5-3-9-28(30)34(29-10-4-6-12-31(29)35)25-14-13-23-7-1-2-8-24(23)21-25/h1-12,15-20,22,25,36H,13-14,21H2. The molecule has 2 aliphatic rings. The number of aliphatic imine (C=N–C) groups is 1. The van der Waals surface area contributed by atoms with Gasteiger partial charge in [0.05, 0.1) is 17.1 Å². The third kappa shape index (κ3) is 3.88. The summed E-state index contributed by atoms with van der Waals surface area (Å²) in [6.07, 6.45) is 12.8. The van der Waals surface area contributed by atoms with Crippen molar-refractivity contribution in [1.29, 1.82) is 5.41 Å². The molecule has 0 amide bonds. The van der Waals surface area contributed by atoms with E-state index in [1.807, 2.05) is 18.2 Å². The van der Waals surface area contributed by atoms with E-state index in [0.29, 0.717) is 17.3 Å². The van der Waals surface area contributed by atoms with Crippen molar-refractivity contribution in [2.24, 2.45) is 4.99 Å². The Morgan fingerprint density at radius 3 is 2.05 bits per heavy atom. The highest BCUT2D eigenvalue weighted by Gasteiger charge is 2.26. The van der Waals surface area contributed by atoms with Gasteiger partial charge in [0.25, 0.3) is 0 Å². The molecule has 0 saturated carbocycles. The second-order valence-electron chi connectivity index (χ2n) is 10.1. The van der Waals surface area contributed by atoms with Crippen LogP contribution in [0.1, 0.15) is 34.6 Å². The van der Waals surface area contributed by atoms with Crippen molar-refractivity contribution < 1.29 is 0 Å². The Morgan fingerprint density at radius 2 is 1.34 bits per heavy atom. The van der Waals surface area contributed by atoms with Gasteiger partial charge in [-0.1, -0.05) is 78.9 Å². The van der Waals surface area contributed by atoms with Gasteiger partial charge in [0.1, 0.15) is 0 Å². The molecule has 4 aromatic carbocycles. The summed E-state index contributed by atoms with van der Waals surface area (Å²) >= 11 is 0. The lowest BCUT2D eigenvalue weighted by atomic mass is 9.75. The van der Waals surface area contributed by atoms with E-state index in [9.17, 15) is 0 Å². The maximum atomic E-state index is 8.52. The molecule has 0 radical (unpaired) electrons. The second kappa shape index (κ2) is 9.35. The SMILES string of the molecule is N=C1C=CC(c2c3ccccc3c(C3CCc4ccccc4C3)c3ccccc23)=CC1=Nc1ccncc1. The van der Waals surface area contributed by atoms with Gasteiger partial charge < -0.3 is 0 Å². The summed E-state index contributed by atoms with van der Waals surface area (Å²) in [6.45, 7) is 0. The first-order valence-electron chi connectivity index (χ1n) is 13.2. The van der Waals surface area contributed by atoms with Gasteiger partial charge in [-0.25, -0.2) is 4.99 Å². The van der Waals surface area contributed by atoms with Crippen molar-refractivity contribution in [3.05, 3.63) is 138 Å². The van der Waals surface area contributed by atoms with Crippen molar-refractivity contribution >= 4 is 44.2 Å². The maximum Gasteiger partial charge on any atom is 0.0892 e. The van der Waals surface area contributed by atoms with E-state index in [1.165, 1.54) is 43.8 Å². The molecule has 182 valence electrons. The van der Waals surface area contributed by atoms with Gasteiger partial charge in [0, 0.05) is 12.4 Å². The average molecular weight is 490 g/mol. The summed E-state index contributed by atoms with van der Waals surface area (Å²) in [6, 6.07) is 30.4. The highest BCUT2D eigenvalue weighted by Crippen LogP contribution is 2.44. The molecule has 38 heavy (non-hydrogen) atoms. The number of benzene rings is 4. The van der Waals surface area contributed by atoms with Gasteiger partial charge in [-0.3, -0.25) is 10.4 Å². The predicted octanol–water partition coefficient (Wildman–Crippen LogP) is 8.41. The minimum atomic E-state index is 0.414. The molecule has 1 atom stereocenters. The maximum absolute atomic E-state index is 8.52. The molecule has 7 rings (SSSR count). The zero-order valence-electron chi connectivity index (χ0n) is 21.1. The topological polar surface area (TPSA) is 49.1 Å². The summed E-state index contributed by atoms with van der Waals surface area (Å²) in [4.78, 5) is 8.87. The van der Waals surface area contributed by atoms with Crippen molar-refractivity contribution in [1.82, 2.24) is 4.98 Å². The third-order valence-corrected chi connectivity index (χ3v) is 7.93. The summed E-state index contributed by atoms with van der Waals surface area (Å²) < 4.78 is 0. The highest BCUT2D eigenvalue weighted by atomic mass is 14.8. The lowest BCUT2D eigenvalue weighted by Crippen LogP contribution is -2.14. The van der Waals surface area contributed by atoms with Crippen LogP contribution < -0.4 is 0 Å². The van der Waals surface area contributed by atoms with Gasteiger partial charge in [-0.2, -0.15) is 0 Å². The van der Waals surface area contributed by atoms with E-state index in [4.69, 9.17) is 10.4 Å². The lowest BCUT2D eigenvalue weighted by Gasteiger charge is -2.28. The molecule has 0 bridgehead atoms. The fourth-order valence-electron chi connectivity index (χ4n) is 6.19. The number of aryl methyl sites for hydroxylation is 1. The molecule has 1 heterocycles. The van der Waals surface area contributed by atoms with E-state index in [0.717, 1.165) is 30.5 Å². The number of nitrogens with zero attached hydrogens (tertiary/aromatic N) is 2. The molecular formula is C35H27N3. The number of hydrogen-bond acceptors (Lipinski definition) is 3. The Bertz CT molecular complexity index is 1750. The zero-order valence-corrected chi connectivity index (χ0v) is 21.1. The number of rotatable bonds is 3. The first kappa shape index (κ1) is 22.6. The fraction of sp³-hybridized carbons (Fsp3) is 0.114. The number of pyridine rings is 1. The number of nitrogens with one attached hydrogen (secondary N) is 1.